The van der Waals surface area contributed by atoms with Gasteiger partial charge in [-0.15, -0.1) is 0 Å². The van der Waals surface area contributed by atoms with Crippen molar-refractivity contribution in [1.29, 1.82) is 0 Å². The number of carbonyl (C=O) groups is 1. The molecule has 3 N–H and O–H groups in total. The van der Waals surface area contributed by atoms with Crippen LogP contribution in [-0.4, -0.2) is 43.5 Å². The SMILES string of the molecule is CN1CCC(NC(=O)CCCCCCN)C1. The molecule has 0 aromatic heterocycles. The first-order chi connectivity index (χ1) is 7.72. The van der Waals surface area contributed by atoms with Gasteiger partial charge in [-0.1, -0.05) is 12.8 Å². The Morgan fingerprint density at radius 3 is 2.75 bits per heavy atom. The molecular formula is C12H25N3O. The highest BCUT2D eigenvalue weighted by atomic mass is 16.1. The van der Waals surface area contributed by atoms with E-state index in [2.05, 4.69) is 17.3 Å². The van der Waals surface area contributed by atoms with Gasteiger partial charge in [0.1, 0.15) is 0 Å². The van der Waals surface area contributed by atoms with Crippen molar-refractivity contribution in [2.24, 2.45) is 5.73 Å². The quantitative estimate of drug-likeness (QED) is 0.630. The van der Waals surface area contributed by atoms with Gasteiger partial charge in [0.25, 0.3) is 0 Å². The van der Waals surface area contributed by atoms with Crippen LogP contribution in [0.4, 0.5) is 0 Å². The predicted molar refractivity (Wildman–Crippen MR) is 66.2 cm³/mol. The summed E-state index contributed by atoms with van der Waals surface area (Å²) in [4.78, 5) is 13.8. The second kappa shape index (κ2) is 7.63. The standard InChI is InChI=1S/C12H25N3O/c1-15-9-7-11(10-15)14-12(16)6-4-2-3-5-8-13/h11H,2-10,13H2,1H3,(H,14,16). The zero-order valence-corrected chi connectivity index (χ0v) is 10.4. The number of nitrogens with two attached hydrogens (primary N) is 1. The molecule has 0 saturated carbocycles. The van der Waals surface area contributed by atoms with Gasteiger partial charge in [-0.2, -0.15) is 0 Å². The monoisotopic (exact) mass is 227 g/mol. The van der Waals surface area contributed by atoms with Crippen molar-refractivity contribution >= 4 is 5.91 Å². The topological polar surface area (TPSA) is 58.4 Å². The Morgan fingerprint density at radius 2 is 2.12 bits per heavy atom. The first-order valence-corrected chi connectivity index (χ1v) is 6.40. The second-order valence-corrected chi connectivity index (χ2v) is 4.77. The van der Waals surface area contributed by atoms with Crippen molar-refractivity contribution < 1.29 is 4.79 Å². The highest BCUT2D eigenvalue weighted by Gasteiger charge is 2.20. The summed E-state index contributed by atoms with van der Waals surface area (Å²) in [5.41, 5.74) is 5.41. The molecule has 0 aromatic rings. The molecule has 1 rings (SSSR count). The predicted octanol–water partition coefficient (Wildman–Crippen LogP) is 0.716. The molecule has 1 heterocycles. The van der Waals surface area contributed by atoms with Gasteiger partial charge < -0.3 is 16.0 Å². The fourth-order valence-electron chi connectivity index (χ4n) is 2.14. The van der Waals surface area contributed by atoms with Crippen LogP contribution in [0.5, 0.6) is 0 Å². The lowest BCUT2D eigenvalue weighted by molar-refractivity contribution is -0.121. The first-order valence-electron chi connectivity index (χ1n) is 6.40. The Kier molecular flexibility index (Phi) is 6.42. The normalized spacial score (nSPS) is 21.2. The van der Waals surface area contributed by atoms with Crippen molar-refractivity contribution in [3.8, 4) is 0 Å². The summed E-state index contributed by atoms with van der Waals surface area (Å²) in [5.74, 6) is 0.216. The minimum Gasteiger partial charge on any atom is -0.352 e. The molecule has 0 spiro atoms. The van der Waals surface area contributed by atoms with E-state index in [1.165, 1.54) is 0 Å². The molecule has 0 aliphatic carbocycles. The Balaban J connectivity index is 1.98. The maximum Gasteiger partial charge on any atom is 0.220 e. The number of likely N-dealkylation sites (N-methyl/N-ethyl adjacent to an activating group) is 1. The smallest absolute Gasteiger partial charge is 0.220 e. The summed E-state index contributed by atoms with van der Waals surface area (Å²) in [6.07, 6.45) is 6.11. The number of nitrogens with zero attached hydrogens (tertiary/aromatic N) is 1. The van der Waals surface area contributed by atoms with Gasteiger partial charge in [-0.05, 0) is 39.4 Å². The van der Waals surface area contributed by atoms with E-state index in [1.54, 1.807) is 0 Å². The number of amides is 1. The molecule has 1 amide bonds. The number of carbonyl (C=O) groups excluding carboxylic acids is 1. The zero-order valence-electron chi connectivity index (χ0n) is 10.4. The Morgan fingerprint density at radius 1 is 1.38 bits per heavy atom. The number of hydrogen-bond donors (Lipinski definition) is 2. The van der Waals surface area contributed by atoms with E-state index >= 15 is 0 Å². The largest absolute Gasteiger partial charge is 0.352 e. The van der Waals surface area contributed by atoms with Crippen molar-refractivity contribution in [2.45, 2.75) is 44.6 Å². The number of likely N-dealkylation sites (tertiary alicyclic amines) is 1. The summed E-state index contributed by atoms with van der Waals surface area (Å²) in [7, 11) is 2.10. The van der Waals surface area contributed by atoms with Crippen molar-refractivity contribution in [2.75, 3.05) is 26.7 Å². The molecule has 0 bridgehead atoms. The molecule has 1 fully saturated rings. The van der Waals surface area contributed by atoms with E-state index in [0.29, 0.717) is 12.5 Å². The van der Waals surface area contributed by atoms with Gasteiger partial charge in [-0.3, -0.25) is 4.79 Å². The minimum absolute atomic E-state index is 0.216. The molecule has 1 aliphatic rings. The van der Waals surface area contributed by atoms with Crippen molar-refractivity contribution in [3.05, 3.63) is 0 Å². The summed E-state index contributed by atoms with van der Waals surface area (Å²) in [6, 6.07) is 0.376. The Labute approximate surface area is 98.6 Å². The Bertz CT molecular complexity index is 208. The van der Waals surface area contributed by atoms with Gasteiger partial charge in [0.2, 0.25) is 5.91 Å². The third kappa shape index (κ3) is 5.47. The highest BCUT2D eigenvalue weighted by molar-refractivity contribution is 5.76. The van der Waals surface area contributed by atoms with Crippen molar-refractivity contribution in [1.82, 2.24) is 10.2 Å². The van der Waals surface area contributed by atoms with Crippen LogP contribution in [0.1, 0.15) is 38.5 Å². The van der Waals surface area contributed by atoms with Gasteiger partial charge in [-0.25, -0.2) is 0 Å². The fourth-order valence-corrected chi connectivity index (χ4v) is 2.14. The van der Waals surface area contributed by atoms with Crippen LogP contribution in [0.15, 0.2) is 0 Å². The average molecular weight is 227 g/mol. The van der Waals surface area contributed by atoms with E-state index in [1.807, 2.05) is 0 Å². The highest BCUT2D eigenvalue weighted by Crippen LogP contribution is 2.07. The number of rotatable bonds is 7. The van der Waals surface area contributed by atoms with Crippen LogP contribution in [0.3, 0.4) is 0 Å². The molecule has 4 heteroatoms. The summed E-state index contributed by atoms with van der Waals surface area (Å²) in [6.45, 7) is 2.86. The molecule has 16 heavy (non-hydrogen) atoms. The number of unbranched alkanes of at least 4 members (excludes halogenated alkanes) is 3. The minimum atomic E-state index is 0.216. The molecule has 0 radical (unpaired) electrons. The summed E-state index contributed by atoms with van der Waals surface area (Å²) in [5, 5.41) is 3.09. The van der Waals surface area contributed by atoms with Crippen LogP contribution in [0.25, 0.3) is 0 Å². The molecule has 1 atom stereocenters. The molecule has 1 saturated heterocycles. The maximum absolute atomic E-state index is 11.6. The van der Waals surface area contributed by atoms with Crippen molar-refractivity contribution in [3.63, 3.8) is 0 Å². The van der Waals surface area contributed by atoms with E-state index in [0.717, 1.165) is 51.7 Å². The van der Waals surface area contributed by atoms with E-state index < -0.39 is 0 Å². The maximum atomic E-state index is 11.6. The van der Waals surface area contributed by atoms with E-state index in [4.69, 9.17) is 5.73 Å². The van der Waals surface area contributed by atoms with Gasteiger partial charge in [0, 0.05) is 19.0 Å². The lowest BCUT2D eigenvalue weighted by Crippen LogP contribution is -2.36. The fraction of sp³-hybridized carbons (Fsp3) is 0.917. The molecular weight excluding hydrogens is 202 g/mol. The van der Waals surface area contributed by atoms with Crippen LogP contribution in [-0.2, 0) is 4.79 Å². The second-order valence-electron chi connectivity index (χ2n) is 4.77. The van der Waals surface area contributed by atoms with Gasteiger partial charge >= 0.3 is 0 Å². The van der Waals surface area contributed by atoms with Crippen LogP contribution >= 0.6 is 0 Å². The lowest BCUT2D eigenvalue weighted by Gasteiger charge is -2.12. The number of nitrogens with one attached hydrogen (secondary N) is 1. The summed E-state index contributed by atoms with van der Waals surface area (Å²) >= 11 is 0. The lowest BCUT2D eigenvalue weighted by atomic mass is 10.1. The summed E-state index contributed by atoms with van der Waals surface area (Å²) < 4.78 is 0. The first kappa shape index (κ1) is 13.5. The Hall–Kier alpha value is -0.610. The van der Waals surface area contributed by atoms with E-state index in [-0.39, 0.29) is 5.91 Å². The molecule has 0 aromatic carbocycles. The van der Waals surface area contributed by atoms with Crippen LogP contribution in [0, 0.1) is 0 Å². The molecule has 1 unspecified atom stereocenters. The zero-order chi connectivity index (χ0) is 11.8. The van der Waals surface area contributed by atoms with Crippen LogP contribution < -0.4 is 11.1 Å². The molecule has 4 nitrogen and oxygen atoms in total. The average Bonchev–Trinajstić information content (AvgIpc) is 2.63. The van der Waals surface area contributed by atoms with Gasteiger partial charge in [0.05, 0.1) is 0 Å². The molecule has 1 aliphatic heterocycles. The van der Waals surface area contributed by atoms with E-state index in [9.17, 15) is 4.79 Å². The third-order valence-electron chi connectivity index (χ3n) is 3.11. The number of hydrogen-bond acceptors (Lipinski definition) is 3. The van der Waals surface area contributed by atoms with Crippen LogP contribution in [0.2, 0.25) is 0 Å². The van der Waals surface area contributed by atoms with Gasteiger partial charge in [0.15, 0.2) is 0 Å². The third-order valence-corrected chi connectivity index (χ3v) is 3.11. The molecule has 94 valence electrons.